The minimum absolute atomic E-state index is 0.0832. The molecule has 2 heterocycles. The number of para-hydroxylation sites is 1. The number of benzene rings is 2. The minimum atomic E-state index is -0.635. The van der Waals surface area contributed by atoms with Crippen molar-refractivity contribution >= 4 is 47.0 Å². The van der Waals surface area contributed by atoms with E-state index in [4.69, 9.17) is 23.2 Å². The summed E-state index contributed by atoms with van der Waals surface area (Å²) in [7, 11) is 0. The molecule has 2 aliphatic heterocycles. The molecule has 35 heavy (non-hydrogen) atoms. The van der Waals surface area contributed by atoms with Gasteiger partial charge in [-0.05, 0) is 55.2 Å². The van der Waals surface area contributed by atoms with Gasteiger partial charge in [0.1, 0.15) is 5.82 Å². The van der Waals surface area contributed by atoms with Gasteiger partial charge in [0.25, 0.3) is 5.91 Å². The molecule has 182 valence electrons. The predicted molar refractivity (Wildman–Crippen MR) is 137 cm³/mol. The molecule has 2 N–H and O–H groups in total. The van der Waals surface area contributed by atoms with Crippen LogP contribution < -0.4 is 10.6 Å². The van der Waals surface area contributed by atoms with Crippen molar-refractivity contribution in [2.45, 2.75) is 32.7 Å². The standard InChI is InChI=1S/C26H25Cl2FN4O2/c1-2-16-12-23-22(30-14-16)8-3-4-11-33(23)25(34)17-9-10-18(20(28)13-17)15-31-26(35)32-24-19(27)6-5-7-21(24)29/h5-10,12-14,16H,2-4,11,15H2,1H3,(H2,31,32,35). The fourth-order valence-electron chi connectivity index (χ4n) is 3.93. The SMILES string of the molecule is CCC1C=NC2=CCCCN(C(=O)c3ccc(CNC(=O)Nc4c(F)cccc4Cl)c(Cl)c3)C2=C1. The van der Waals surface area contributed by atoms with E-state index in [9.17, 15) is 14.0 Å². The summed E-state index contributed by atoms with van der Waals surface area (Å²) in [4.78, 5) is 32.0. The Bertz CT molecular complexity index is 1220. The summed E-state index contributed by atoms with van der Waals surface area (Å²) in [5.41, 5.74) is 2.63. The Balaban J connectivity index is 1.45. The zero-order valence-corrected chi connectivity index (χ0v) is 20.7. The highest BCUT2D eigenvalue weighted by molar-refractivity contribution is 6.33. The van der Waals surface area contributed by atoms with Crippen LogP contribution in [0.4, 0.5) is 14.9 Å². The topological polar surface area (TPSA) is 73.8 Å². The molecular formula is C26H25Cl2FN4O2. The van der Waals surface area contributed by atoms with Crippen LogP contribution in [0.25, 0.3) is 0 Å². The largest absolute Gasteiger partial charge is 0.334 e. The van der Waals surface area contributed by atoms with Crippen LogP contribution in [0.2, 0.25) is 10.0 Å². The van der Waals surface area contributed by atoms with Crippen molar-refractivity contribution in [1.82, 2.24) is 10.2 Å². The predicted octanol–water partition coefficient (Wildman–Crippen LogP) is 6.57. The van der Waals surface area contributed by atoms with Gasteiger partial charge in [0.05, 0.1) is 22.1 Å². The van der Waals surface area contributed by atoms with Crippen molar-refractivity contribution in [2.24, 2.45) is 10.9 Å². The second-order valence-electron chi connectivity index (χ2n) is 8.30. The van der Waals surface area contributed by atoms with E-state index in [1.54, 1.807) is 23.1 Å². The second kappa shape index (κ2) is 11.1. The fourth-order valence-corrected chi connectivity index (χ4v) is 4.39. The third kappa shape index (κ3) is 5.74. The van der Waals surface area contributed by atoms with Crippen LogP contribution in [-0.4, -0.2) is 29.6 Å². The lowest BCUT2D eigenvalue weighted by molar-refractivity contribution is 0.0808. The zero-order valence-electron chi connectivity index (χ0n) is 19.2. The molecule has 0 saturated heterocycles. The summed E-state index contributed by atoms with van der Waals surface area (Å²) in [5, 5.41) is 5.46. The lowest BCUT2D eigenvalue weighted by Crippen LogP contribution is -2.32. The molecule has 0 aromatic heterocycles. The van der Waals surface area contributed by atoms with Crippen LogP contribution in [0.5, 0.6) is 0 Å². The van der Waals surface area contributed by atoms with Crippen LogP contribution in [0.3, 0.4) is 0 Å². The van der Waals surface area contributed by atoms with Crippen molar-refractivity contribution in [2.75, 3.05) is 11.9 Å². The first-order valence-corrected chi connectivity index (χ1v) is 12.2. The number of rotatable bonds is 5. The van der Waals surface area contributed by atoms with Gasteiger partial charge < -0.3 is 15.5 Å². The van der Waals surface area contributed by atoms with Crippen LogP contribution in [0, 0.1) is 11.7 Å². The number of nitrogens with one attached hydrogen (secondary N) is 2. The quantitative estimate of drug-likeness (QED) is 0.473. The smallest absolute Gasteiger partial charge is 0.319 e. The van der Waals surface area contributed by atoms with Crippen LogP contribution in [0.15, 0.2) is 64.9 Å². The van der Waals surface area contributed by atoms with E-state index in [0.29, 0.717) is 22.7 Å². The molecule has 0 saturated carbocycles. The number of halogens is 3. The first kappa shape index (κ1) is 24.9. The molecule has 0 aliphatic carbocycles. The monoisotopic (exact) mass is 514 g/mol. The molecule has 1 unspecified atom stereocenters. The van der Waals surface area contributed by atoms with E-state index >= 15 is 0 Å². The van der Waals surface area contributed by atoms with E-state index in [2.05, 4.69) is 34.7 Å². The van der Waals surface area contributed by atoms with E-state index in [0.717, 1.165) is 30.7 Å². The highest BCUT2D eigenvalue weighted by Gasteiger charge is 2.26. The summed E-state index contributed by atoms with van der Waals surface area (Å²) >= 11 is 12.4. The number of carbonyl (C=O) groups is 2. The van der Waals surface area contributed by atoms with Gasteiger partial charge in [-0.3, -0.25) is 9.79 Å². The van der Waals surface area contributed by atoms with Gasteiger partial charge in [-0.2, -0.15) is 0 Å². The number of urea groups is 1. The normalized spacial score (nSPS) is 17.1. The third-order valence-electron chi connectivity index (χ3n) is 5.91. The van der Waals surface area contributed by atoms with Gasteiger partial charge in [0.2, 0.25) is 0 Å². The fraction of sp³-hybridized carbons (Fsp3) is 0.269. The van der Waals surface area contributed by atoms with Crippen LogP contribution in [0.1, 0.15) is 42.1 Å². The minimum Gasteiger partial charge on any atom is -0.334 e. The van der Waals surface area contributed by atoms with Crippen molar-refractivity contribution in [3.8, 4) is 0 Å². The van der Waals surface area contributed by atoms with Gasteiger partial charge in [-0.25, -0.2) is 9.18 Å². The van der Waals surface area contributed by atoms with E-state index in [1.807, 2.05) is 6.21 Å². The number of nitrogens with zero attached hydrogens (tertiary/aromatic N) is 2. The summed E-state index contributed by atoms with van der Waals surface area (Å²) in [6, 6.07) is 8.49. The van der Waals surface area contributed by atoms with Crippen LogP contribution >= 0.6 is 23.2 Å². The summed E-state index contributed by atoms with van der Waals surface area (Å²) < 4.78 is 13.9. The Labute approximate surface area is 213 Å². The maximum atomic E-state index is 13.9. The van der Waals surface area contributed by atoms with Crippen molar-refractivity contribution in [1.29, 1.82) is 0 Å². The molecule has 3 amide bonds. The summed E-state index contributed by atoms with van der Waals surface area (Å²) in [5.74, 6) is -0.591. The number of amides is 3. The van der Waals surface area contributed by atoms with Gasteiger partial charge in [0.15, 0.2) is 0 Å². The van der Waals surface area contributed by atoms with E-state index in [-0.39, 0.29) is 29.1 Å². The zero-order chi connectivity index (χ0) is 24.9. The number of hydrogen-bond donors (Lipinski definition) is 2. The maximum absolute atomic E-state index is 13.9. The molecule has 2 aromatic rings. The van der Waals surface area contributed by atoms with Crippen molar-refractivity contribution in [3.05, 3.63) is 86.9 Å². The lowest BCUT2D eigenvalue weighted by atomic mass is 10.0. The van der Waals surface area contributed by atoms with Gasteiger partial charge >= 0.3 is 6.03 Å². The number of fused-ring (bicyclic) bond motifs is 1. The number of hydrogen-bond acceptors (Lipinski definition) is 3. The lowest BCUT2D eigenvalue weighted by Gasteiger charge is -2.27. The van der Waals surface area contributed by atoms with Crippen LogP contribution in [-0.2, 0) is 6.54 Å². The average Bonchev–Trinajstić information content (AvgIpc) is 3.07. The number of dihydropyridines is 1. The molecule has 1 atom stereocenters. The van der Waals surface area contributed by atoms with E-state index in [1.165, 1.54) is 18.2 Å². The Morgan fingerprint density at radius 2 is 2.03 bits per heavy atom. The first-order valence-electron chi connectivity index (χ1n) is 11.4. The van der Waals surface area contributed by atoms with Crippen molar-refractivity contribution < 1.29 is 14.0 Å². The highest BCUT2D eigenvalue weighted by atomic mass is 35.5. The molecule has 0 bridgehead atoms. The Kier molecular flexibility index (Phi) is 7.88. The average molecular weight is 515 g/mol. The van der Waals surface area contributed by atoms with E-state index < -0.39 is 11.8 Å². The third-order valence-corrected chi connectivity index (χ3v) is 6.58. The van der Waals surface area contributed by atoms with Gasteiger partial charge in [-0.1, -0.05) is 48.3 Å². The molecule has 0 fully saturated rings. The number of carbonyl (C=O) groups excluding carboxylic acids is 2. The molecule has 2 aliphatic rings. The summed E-state index contributed by atoms with van der Waals surface area (Å²) in [6.45, 7) is 2.76. The Morgan fingerprint density at radius 3 is 2.77 bits per heavy atom. The number of aliphatic imine (C=N–C) groups is 1. The number of allylic oxidation sites excluding steroid dienone is 2. The molecule has 9 heteroatoms. The van der Waals surface area contributed by atoms with Crippen molar-refractivity contribution in [3.63, 3.8) is 0 Å². The van der Waals surface area contributed by atoms with Gasteiger partial charge in [-0.15, -0.1) is 0 Å². The number of anilines is 1. The molecule has 4 rings (SSSR count). The van der Waals surface area contributed by atoms with Gasteiger partial charge in [0, 0.05) is 35.8 Å². The molecule has 0 radical (unpaired) electrons. The molecule has 6 nitrogen and oxygen atoms in total. The Hall–Kier alpha value is -3.16. The maximum Gasteiger partial charge on any atom is 0.319 e. The molecular weight excluding hydrogens is 490 g/mol. The summed E-state index contributed by atoms with van der Waals surface area (Å²) in [6.07, 6.45) is 8.71. The first-order chi connectivity index (χ1) is 16.9. The molecule has 2 aromatic carbocycles. The Morgan fingerprint density at radius 1 is 1.20 bits per heavy atom. The highest BCUT2D eigenvalue weighted by Crippen LogP contribution is 2.30. The molecule has 0 spiro atoms. The second-order valence-corrected chi connectivity index (χ2v) is 9.12.